The molecule has 9 heteroatoms. The van der Waals surface area contributed by atoms with Crippen LogP contribution in [0.15, 0.2) is 24.5 Å². The molecule has 1 atom stereocenters. The summed E-state index contributed by atoms with van der Waals surface area (Å²) in [4.78, 5) is 27.3. The molecular weight excluding hydrogens is 336 g/mol. The summed E-state index contributed by atoms with van der Waals surface area (Å²) in [6.45, 7) is 1.41. The molecule has 3 rings (SSSR count). The lowest BCUT2D eigenvalue weighted by molar-refractivity contribution is -0.138. The minimum absolute atomic E-state index is 0.134. The number of nitrogens with one attached hydrogen (secondary N) is 2. The van der Waals surface area contributed by atoms with Crippen molar-refractivity contribution in [3.8, 4) is 0 Å². The molecule has 9 nitrogen and oxygen atoms in total. The molecule has 138 valence electrons. The minimum atomic E-state index is -1.16. The van der Waals surface area contributed by atoms with Crippen molar-refractivity contribution in [1.29, 1.82) is 0 Å². The maximum atomic E-state index is 12.0. The molecule has 1 aliphatic rings. The molecule has 2 aromatic heterocycles. The van der Waals surface area contributed by atoms with Crippen LogP contribution in [0.3, 0.4) is 0 Å². The average molecular weight is 358 g/mol. The van der Waals surface area contributed by atoms with Gasteiger partial charge in [-0.15, -0.1) is 0 Å². The van der Waals surface area contributed by atoms with Crippen molar-refractivity contribution in [1.82, 2.24) is 20.1 Å². The lowest BCUT2D eigenvalue weighted by atomic mass is 10.1. The van der Waals surface area contributed by atoms with Gasteiger partial charge in [0.1, 0.15) is 11.9 Å². The van der Waals surface area contributed by atoms with Crippen LogP contribution in [0, 0.1) is 0 Å². The molecule has 0 aromatic carbocycles. The van der Waals surface area contributed by atoms with Crippen molar-refractivity contribution >= 4 is 17.7 Å². The maximum Gasteiger partial charge on any atom is 0.322 e. The van der Waals surface area contributed by atoms with E-state index < -0.39 is 17.9 Å². The highest BCUT2D eigenvalue weighted by Crippen LogP contribution is 2.19. The standard InChI is InChI=1S/C17H22N6O3/c18-14(17(25)26)9-20-16(24)12-8-21-23(10-12)7-5-13-4-3-11-2-1-6-19-15(11)22-13/h3-4,8,10,14H,1-2,5-7,9,18H2,(H,19,22)(H,20,24)(H,25,26)/t14-/m0/s1. The number of carboxylic acid groups (broad SMARTS) is 1. The summed E-state index contributed by atoms with van der Waals surface area (Å²) < 4.78 is 1.67. The number of amides is 1. The fourth-order valence-electron chi connectivity index (χ4n) is 2.73. The van der Waals surface area contributed by atoms with E-state index in [-0.39, 0.29) is 6.54 Å². The molecule has 1 amide bonds. The Morgan fingerprint density at radius 2 is 2.27 bits per heavy atom. The Kier molecular flexibility index (Phi) is 5.47. The Morgan fingerprint density at radius 1 is 1.42 bits per heavy atom. The zero-order chi connectivity index (χ0) is 18.5. The fraction of sp³-hybridized carbons (Fsp3) is 0.412. The SMILES string of the molecule is N[C@@H](CNC(=O)c1cnn(CCc2ccc3c(n2)NCCC3)c1)C(=O)O. The van der Waals surface area contributed by atoms with Gasteiger partial charge in [-0.2, -0.15) is 5.10 Å². The molecule has 1 aliphatic heterocycles. The monoisotopic (exact) mass is 358 g/mol. The van der Waals surface area contributed by atoms with Crippen LogP contribution in [0.2, 0.25) is 0 Å². The summed E-state index contributed by atoms with van der Waals surface area (Å²) in [6, 6.07) is 3.01. The first-order valence-electron chi connectivity index (χ1n) is 8.54. The van der Waals surface area contributed by atoms with Crippen LogP contribution in [0.5, 0.6) is 0 Å². The molecular formula is C17H22N6O3. The van der Waals surface area contributed by atoms with Gasteiger partial charge in [0.15, 0.2) is 0 Å². The Hall–Kier alpha value is -2.94. The van der Waals surface area contributed by atoms with Gasteiger partial charge in [-0.25, -0.2) is 4.98 Å². The summed E-state index contributed by atoms with van der Waals surface area (Å²) in [5.41, 5.74) is 7.94. The summed E-state index contributed by atoms with van der Waals surface area (Å²) in [7, 11) is 0. The highest BCUT2D eigenvalue weighted by Gasteiger charge is 2.15. The number of carbonyl (C=O) groups is 2. The molecule has 0 spiro atoms. The van der Waals surface area contributed by atoms with Gasteiger partial charge >= 0.3 is 5.97 Å². The van der Waals surface area contributed by atoms with E-state index in [0.29, 0.717) is 18.5 Å². The first-order chi connectivity index (χ1) is 12.5. The van der Waals surface area contributed by atoms with Crippen LogP contribution in [-0.4, -0.2) is 50.9 Å². The smallest absolute Gasteiger partial charge is 0.322 e. The van der Waals surface area contributed by atoms with Crippen LogP contribution in [-0.2, 0) is 24.2 Å². The van der Waals surface area contributed by atoms with Crippen LogP contribution < -0.4 is 16.4 Å². The summed E-state index contributed by atoms with van der Waals surface area (Å²) in [5.74, 6) is -0.596. The Morgan fingerprint density at radius 3 is 3.08 bits per heavy atom. The van der Waals surface area contributed by atoms with E-state index in [9.17, 15) is 9.59 Å². The highest BCUT2D eigenvalue weighted by atomic mass is 16.4. The molecule has 0 bridgehead atoms. The molecule has 26 heavy (non-hydrogen) atoms. The lowest BCUT2D eigenvalue weighted by Gasteiger charge is -2.17. The van der Waals surface area contributed by atoms with E-state index in [0.717, 1.165) is 30.9 Å². The van der Waals surface area contributed by atoms with E-state index in [2.05, 4.69) is 26.8 Å². The second kappa shape index (κ2) is 7.96. The number of nitrogens with zero attached hydrogens (tertiary/aromatic N) is 3. The Labute approximate surface area is 150 Å². The van der Waals surface area contributed by atoms with Gasteiger partial charge in [0, 0.05) is 37.9 Å². The number of pyridine rings is 1. The third-order valence-electron chi connectivity index (χ3n) is 4.24. The number of aromatic nitrogens is 3. The number of rotatable bonds is 7. The first-order valence-corrected chi connectivity index (χ1v) is 8.54. The average Bonchev–Trinajstić information content (AvgIpc) is 3.13. The summed E-state index contributed by atoms with van der Waals surface area (Å²) in [5, 5.41) is 18.7. The first kappa shape index (κ1) is 17.9. The van der Waals surface area contributed by atoms with E-state index in [1.165, 1.54) is 11.8 Å². The van der Waals surface area contributed by atoms with Gasteiger partial charge in [0.2, 0.25) is 0 Å². The number of nitrogens with two attached hydrogens (primary N) is 1. The third-order valence-corrected chi connectivity index (χ3v) is 4.24. The molecule has 0 radical (unpaired) electrons. The molecule has 0 aliphatic carbocycles. The van der Waals surface area contributed by atoms with Gasteiger partial charge in [0.05, 0.1) is 11.8 Å². The molecule has 0 fully saturated rings. The predicted octanol–water partition coefficient (Wildman–Crippen LogP) is 0.0206. The lowest BCUT2D eigenvalue weighted by Crippen LogP contribution is -2.42. The number of hydrogen-bond acceptors (Lipinski definition) is 6. The van der Waals surface area contributed by atoms with Crippen molar-refractivity contribution in [2.24, 2.45) is 5.73 Å². The van der Waals surface area contributed by atoms with Gasteiger partial charge < -0.3 is 21.5 Å². The number of hydrogen-bond donors (Lipinski definition) is 4. The fourth-order valence-corrected chi connectivity index (χ4v) is 2.73. The molecule has 2 aromatic rings. The zero-order valence-electron chi connectivity index (χ0n) is 14.3. The van der Waals surface area contributed by atoms with Crippen LogP contribution in [0.1, 0.15) is 28.0 Å². The molecule has 5 N–H and O–H groups in total. The van der Waals surface area contributed by atoms with E-state index >= 15 is 0 Å². The second-order valence-electron chi connectivity index (χ2n) is 6.24. The van der Waals surface area contributed by atoms with Crippen molar-refractivity contribution in [2.75, 3.05) is 18.4 Å². The Balaban J connectivity index is 1.53. The van der Waals surface area contributed by atoms with E-state index in [1.54, 1.807) is 10.9 Å². The van der Waals surface area contributed by atoms with Gasteiger partial charge in [-0.05, 0) is 24.5 Å². The van der Waals surface area contributed by atoms with Crippen molar-refractivity contribution in [3.05, 3.63) is 41.3 Å². The van der Waals surface area contributed by atoms with Crippen LogP contribution >= 0.6 is 0 Å². The molecule has 0 saturated heterocycles. The minimum Gasteiger partial charge on any atom is -0.480 e. The topological polar surface area (TPSA) is 135 Å². The number of fused-ring (bicyclic) bond motifs is 1. The number of anilines is 1. The highest BCUT2D eigenvalue weighted by molar-refractivity contribution is 5.94. The maximum absolute atomic E-state index is 12.0. The largest absolute Gasteiger partial charge is 0.480 e. The van der Waals surface area contributed by atoms with Crippen LogP contribution in [0.25, 0.3) is 0 Å². The third kappa shape index (κ3) is 4.37. The van der Waals surface area contributed by atoms with Crippen molar-refractivity contribution in [2.45, 2.75) is 31.8 Å². The molecule has 0 saturated carbocycles. The molecule has 0 unspecified atom stereocenters. The zero-order valence-corrected chi connectivity index (χ0v) is 14.3. The Bertz CT molecular complexity index is 804. The predicted molar refractivity (Wildman–Crippen MR) is 94.9 cm³/mol. The van der Waals surface area contributed by atoms with Crippen molar-refractivity contribution < 1.29 is 14.7 Å². The number of aliphatic carboxylic acids is 1. The van der Waals surface area contributed by atoms with E-state index in [1.807, 2.05) is 6.07 Å². The van der Waals surface area contributed by atoms with Gasteiger partial charge in [-0.1, -0.05) is 6.07 Å². The second-order valence-corrected chi connectivity index (χ2v) is 6.24. The van der Waals surface area contributed by atoms with Gasteiger partial charge in [0.25, 0.3) is 5.91 Å². The van der Waals surface area contributed by atoms with E-state index in [4.69, 9.17) is 10.8 Å². The van der Waals surface area contributed by atoms with Crippen LogP contribution in [0.4, 0.5) is 5.82 Å². The normalized spacial score (nSPS) is 14.2. The van der Waals surface area contributed by atoms with Gasteiger partial charge in [-0.3, -0.25) is 14.3 Å². The number of aryl methyl sites for hydroxylation is 3. The van der Waals surface area contributed by atoms with Crippen molar-refractivity contribution in [3.63, 3.8) is 0 Å². The molecule has 3 heterocycles. The summed E-state index contributed by atoms with van der Waals surface area (Å²) >= 11 is 0. The summed E-state index contributed by atoms with van der Waals surface area (Å²) in [6.07, 6.45) is 5.95. The number of carbonyl (C=O) groups excluding carboxylic acids is 1. The quantitative estimate of drug-likeness (QED) is 0.548. The number of carboxylic acids is 1.